The summed E-state index contributed by atoms with van der Waals surface area (Å²) in [5, 5.41) is 10.6. The third-order valence-corrected chi connectivity index (χ3v) is 4.07. The van der Waals surface area contributed by atoms with Crippen molar-refractivity contribution in [1.29, 1.82) is 0 Å². The summed E-state index contributed by atoms with van der Waals surface area (Å²) in [5.74, 6) is -2.55. The van der Waals surface area contributed by atoms with Gasteiger partial charge in [-0.1, -0.05) is 30.3 Å². The van der Waals surface area contributed by atoms with Crippen LogP contribution in [0, 0.1) is 10.1 Å². The number of carbonyl (C=O) groups is 3. The number of nitro groups is 1. The van der Waals surface area contributed by atoms with E-state index in [4.69, 9.17) is 9.15 Å². The largest absolute Gasteiger partial charge is 0.450 e. The molecule has 2 aromatic rings. The van der Waals surface area contributed by atoms with Crippen LogP contribution in [0.1, 0.15) is 48.1 Å². The average Bonchev–Trinajstić information content (AvgIpc) is 3.16. The van der Waals surface area contributed by atoms with Crippen LogP contribution in [0.15, 0.2) is 46.9 Å². The first-order chi connectivity index (χ1) is 13.6. The third-order valence-electron chi connectivity index (χ3n) is 4.07. The molecule has 9 nitrogen and oxygen atoms in total. The summed E-state index contributed by atoms with van der Waals surface area (Å²) in [6.45, 7) is 4.98. The lowest BCUT2D eigenvalue weighted by Crippen LogP contribution is -2.48. The maximum Gasteiger partial charge on any atom is 0.433 e. The van der Waals surface area contributed by atoms with E-state index in [2.05, 4.69) is 0 Å². The summed E-state index contributed by atoms with van der Waals surface area (Å²) in [5.41, 5.74) is -0.0520. The molecule has 1 amide bonds. The number of furan rings is 1. The van der Waals surface area contributed by atoms with E-state index < -0.39 is 34.8 Å². The highest BCUT2D eigenvalue weighted by Crippen LogP contribution is 2.18. The zero-order valence-electron chi connectivity index (χ0n) is 16.4. The van der Waals surface area contributed by atoms with Crippen LogP contribution in [0.2, 0.25) is 0 Å². The number of hydrogen-bond donors (Lipinski definition) is 0. The Hall–Kier alpha value is -3.49. The predicted octanol–water partition coefficient (Wildman–Crippen LogP) is 3.24. The smallest absolute Gasteiger partial charge is 0.433 e. The topological polar surface area (TPSA) is 120 Å². The minimum absolute atomic E-state index is 0.104. The molecule has 0 N–H and O–H groups in total. The van der Waals surface area contributed by atoms with Crippen LogP contribution in [0.5, 0.6) is 0 Å². The highest BCUT2D eigenvalue weighted by atomic mass is 16.7. The number of ketones is 1. The van der Waals surface area contributed by atoms with Crippen molar-refractivity contribution in [2.75, 3.05) is 13.2 Å². The van der Waals surface area contributed by atoms with Gasteiger partial charge in [-0.25, -0.2) is 4.79 Å². The van der Waals surface area contributed by atoms with Crippen LogP contribution in [0.25, 0.3) is 0 Å². The molecule has 0 spiro atoms. The highest BCUT2D eigenvalue weighted by Gasteiger charge is 2.28. The first kappa shape index (κ1) is 21.8. The molecule has 0 aliphatic rings. The summed E-state index contributed by atoms with van der Waals surface area (Å²) in [4.78, 5) is 48.1. The summed E-state index contributed by atoms with van der Waals surface area (Å²) in [7, 11) is 0. The molecular weight excluding hydrogens is 380 g/mol. The van der Waals surface area contributed by atoms with Gasteiger partial charge in [0.1, 0.15) is 4.92 Å². The van der Waals surface area contributed by atoms with Gasteiger partial charge in [-0.05, 0) is 26.8 Å². The second-order valence-electron chi connectivity index (χ2n) is 7.23. The number of benzene rings is 1. The fourth-order valence-corrected chi connectivity index (χ4v) is 2.63. The number of rotatable bonds is 8. The Morgan fingerprint density at radius 2 is 1.76 bits per heavy atom. The number of esters is 1. The molecule has 0 aliphatic heterocycles. The first-order valence-electron chi connectivity index (χ1n) is 8.89. The molecule has 0 unspecified atom stereocenters. The molecule has 29 heavy (non-hydrogen) atoms. The molecule has 2 rings (SSSR count). The average molecular weight is 402 g/mol. The molecule has 0 saturated heterocycles. The number of nitrogens with zero attached hydrogens (tertiary/aromatic N) is 2. The van der Waals surface area contributed by atoms with Gasteiger partial charge in [-0.3, -0.25) is 19.7 Å². The molecule has 0 fully saturated rings. The van der Waals surface area contributed by atoms with Gasteiger partial charge in [0.15, 0.2) is 12.4 Å². The van der Waals surface area contributed by atoms with E-state index >= 15 is 0 Å². The van der Waals surface area contributed by atoms with Gasteiger partial charge in [0.25, 0.3) is 5.91 Å². The second kappa shape index (κ2) is 9.13. The Morgan fingerprint density at radius 3 is 2.31 bits per heavy atom. The fraction of sp³-hybridized carbons (Fsp3) is 0.350. The molecular formula is C20H22N2O7. The molecule has 9 heteroatoms. The summed E-state index contributed by atoms with van der Waals surface area (Å²) < 4.78 is 9.67. The number of carbonyl (C=O) groups excluding carboxylic acids is 3. The Morgan fingerprint density at radius 1 is 1.10 bits per heavy atom. The lowest BCUT2D eigenvalue weighted by atomic mass is 10.0. The van der Waals surface area contributed by atoms with Crippen molar-refractivity contribution >= 4 is 23.5 Å². The fourth-order valence-electron chi connectivity index (χ4n) is 2.63. The highest BCUT2D eigenvalue weighted by molar-refractivity contribution is 5.96. The molecule has 0 atom stereocenters. The zero-order valence-corrected chi connectivity index (χ0v) is 16.4. The summed E-state index contributed by atoms with van der Waals surface area (Å²) >= 11 is 0. The quantitative estimate of drug-likeness (QED) is 0.288. The zero-order chi connectivity index (χ0) is 21.6. The maximum atomic E-state index is 12.6. The Bertz CT molecular complexity index is 897. The van der Waals surface area contributed by atoms with Gasteiger partial charge < -0.3 is 14.1 Å². The minimum Gasteiger partial charge on any atom is -0.450 e. The van der Waals surface area contributed by atoms with E-state index in [1.165, 1.54) is 4.90 Å². The van der Waals surface area contributed by atoms with Crippen molar-refractivity contribution in [3.05, 3.63) is 63.9 Å². The SMILES string of the molecule is CC(C)(C)N(CCC(=O)c1ccccc1)C(=O)COC(=O)c1ccc([N+](=O)[O-])o1. The third kappa shape index (κ3) is 6.00. The van der Waals surface area contributed by atoms with Crippen LogP contribution in [-0.2, 0) is 9.53 Å². The predicted molar refractivity (Wildman–Crippen MR) is 103 cm³/mol. The second-order valence-corrected chi connectivity index (χ2v) is 7.23. The molecule has 0 bridgehead atoms. The normalized spacial score (nSPS) is 11.0. The van der Waals surface area contributed by atoms with Crippen molar-refractivity contribution in [2.24, 2.45) is 0 Å². The summed E-state index contributed by atoms with van der Waals surface area (Å²) in [6, 6.07) is 10.9. The van der Waals surface area contributed by atoms with E-state index in [1.807, 2.05) is 6.07 Å². The first-order valence-corrected chi connectivity index (χ1v) is 8.89. The van der Waals surface area contributed by atoms with Crippen molar-refractivity contribution in [3.63, 3.8) is 0 Å². The van der Waals surface area contributed by atoms with Crippen molar-refractivity contribution in [2.45, 2.75) is 32.7 Å². The molecule has 0 radical (unpaired) electrons. The van der Waals surface area contributed by atoms with Crippen molar-refractivity contribution in [1.82, 2.24) is 4.90 Å². The lowest BCUT2D eigenvalue weighted by molar-refractivity contribution is -0.402. The molecule has 154 valence electrons. The van der Waals surface area contributed by atoms with Gasteiger partial charge in [-0.15, -0.1) is 0 Å². The number of amides is 1. The number of hydrogen-bond acceptors (Lipinski definition) is 7. The number of Topliss-reactive ketones (excluding diaryl/α,β-unsaturated/α-hetero) is 1. The van der Waals surface area contributed by atoms with Gasteiger partial charge in [0.05, 0.1) is 6.07 Å². The minimum atomic E-state index is -0.985. The van der Waals surface area contributed by atoms with E-state index in [1.54, 1.807) is 45.0 Å². The Kier molecular flexibility index (Phi) is 6.87. The molecule has 1 heterocycles. The maximum absolute atomic E-state index is 12.6. The Balaban J connectivity index is 1.96. The number of ether oxygens (including phenoxy) is 1. The van der Waals surface area contributed by atoms with Crippen LogP contribution >= 0.6 is 0 Å². The van der Waals surface area contributed by atoms with Gasteiger partial charge >= 0.3 is 11.9 Å². The van der Waals surface area contributed by atoms with E-state index in [0.29, 0.717) is 5.56 Å². The standard InChI is InChI=1S/C20H22N2O7/c1-20(2,3)21(12-11-15(23)14-7-5-4-6-8-14)17(24)13-28-19(25)16-9-10-18(29-16)22(26)27/h4-10H,11-13H2,1-3H3. The van der Waals surface area contributed by atoms with E-state index in [9.17, 15) is 24.5 Å². The molecule has 0 aliphatic carbocycles. The van der Waals surface area contributed by atoms with Crippen molar-refractivity contribution in [3.8, 4) is 0 Å². The van der Waals surface area contributed by atoms with Gasteiger partial charge in [0.2, 0.25) is 5.76 Å². The van der Waals surface area contributed by atoms with Gasteiger partial charge in [0, 0.05) is 24.1 Å². The molecule has 1 aromatic heterocycles. The van der Waals surface area contributed by atoms with Crippen LogP contribution in [0.4, 0.5) is 5.88 Å². The Labute approximate surface area is 167 Å². The lowest BCUT2D eigenvalue weighted by Gasteiger charge is -2.35. The summed E-state index contributed by atoms with van der Waals surface area (Å²) in [6.07, 6.45) is 0.116. The van der Waals surface area contributed by atoms with Crippen LogP contribution in [0.3, 0.4) is 0 Å². The van der Waals surface area contributed by atoms with Crippen LogP contribution < -0.4 is 0 Å². The molecule has 1 aromatic carbocycles. The van der Waals surface area contributed by atoms with E-state index in [-0.39, 0.29) is 24.5 Å². The van der Waals surface area contributed by atoms with Crippen LogP contribution in [-0.4, -0.2) is 46.2 Å². The molecule has 0 saturated carbocycles. The monoisotopic (exact) mass is 402 g/mol. The van der Waals surface area contributed by atoms with Gasteiger partial charge in [-0.2, -0.15) is 0 Å². The van der Waals surface area contributed by atoms with Crippen molar-refractivity contribution < 1.29 is 28.5 Å². The van der Waals surface area contributed by atoms with E-state index in [0.717, 1.165) is 12.1 Å².